The summed E-state index contributed by atoms with van der Waals surface area (Å²) >= 11 is 0. The number of anilines is 1. The van der Waals surface area contributed by atoms with Crippen molar-refractivity contribution in [1.29, 1.82) is 0 Å². The fourth-order valence-electron chi connectivity index (χ4n) is 2.70. The first kappa shape index (κ1) is 18.4. The van der Waals surface area contributed by atoms with Gasteiger partial charge in [-0.3, -0.25) is 4.98 Å². The van der Waals surface area contributed by atoms with Crippen LogP contribution in [0.2, 0.25) is 0 Å². The summed E-state index contributed by atoms with van der Waals surface area (Å²) in [6, 6.07) is 9.84. The highest BCUT2D eigenvalue weighted by molar-refractivity contribution is 7.89. The van der Waals surface area contributed by atoms with Crippen LogP contribution < -0.4 is 4.90 Å². The molecule has 0 amide bonds. The fraction of sp³-hybridized carbons (Fsp3) is 0.263. The summed E-state index contributed by atoms with van der Waals surface area (Å²) in [5.41, 5.74) is 1.64. The van der Waals surface area contributed by atoms with Crippen LogP contribution in [0.1, 0.15) is 5.56 Å². The number of benzene rings is 1. The molecule has 1 aliphatic heterocycles. The minimum atomic E-state index is -3.38. The second-order valence-electron chi connectivity index (χ2n) is 5.86. The third-order valence-electron chi connectivity index (χ3n) is 4.10. The van der Waals surface area contributed by atoms with Crippen LogP contribution in [0.4, 0.5) is 10.1 Å². The zero-order valence-corrected chi connectivity index (χ0v) is 15.0. The standard InChI is InChI=1S/C19H19FN3O2S/c20-18-6-8-19(9-7-18)22-11-13-23(14-12-22)26(24,25)15-2-1-4-17-5-3-10-21-16-17/h2-3,5-10,16H,11-15H2. The number of piperazine rings is 1. The molecule has 1 saturated heterocycles. The Morgan fingerprint density at radius 2 is 1.85 bits per heavy atom. The Morgan fingerprint density at radius 1 is 1.12 bits per heavy atom. The molecule has 0 unspecified atom stereocenters. The van der Waals surface area contributed by atoms with Crippen molar-refractivity contribution >= 4 is 15.7 Å². The molecular formula is C19H19FN3O2S. The Hall–Kier alpha value is -2.43. The lowest BCUT2D eigenvalue weighted by Gasteiger charge is -2.35. The molecule has 0 aliphatic carbocycles. The van der Waals surface area contributed by atoms with Crippen molar-refractivity contribution in [2.75, 3.05) is 36.8 Å². The van der Waals surface area contributed by atoms with E-state index in [0.717, 1.165) is 11.3 Å². The summed E-state index contributed by atoms with van der Waals surface area (Å²) in [4.78, 5) is 6.01. The largest absolute Gasteiger partial charge is 0.369 e. The number of nitrogens with zero attached hydrogens (tertiary/aromatic N) is 3. The number of hydrogen-bond acceptors (Lipinski definition) is 4. The molecule has 2 heterocycles. The van der Waals surface area contributed by atoms with Gasteiger partial charge in [0.25, 0.3) is 0 Å². The highest BCUT2D eigenvalue weighted by Crippen LogP contribution is 2.18. The molecule has 1 aliphatic rings. The van der Waals surface area contributed by atoms with Crippen LogP contribution in [0.25, 0.3) is 0 Å². The third kappa shape index (κ3) is 4.81. The van der Waals surface area contributed by atoms with Crippen LogP contribution in [0.3, 0.4) is 0 Å². The van der Waals surface area contributed by atoms with E-state index in [1.54, 1.807) is 30.6 Å². The van der Waals surface area contributed by atoms with Crippen LogP contribution in [0, 0.1) is 24.1 Å². The number of aromatic nitrogens is 1. The van der Waals surface area contributed by atoms with Crippen LogP contribution in [-0.2, 0) is 10.0 Å². The predicted molar refractivity (Wildman–Crippen MR) is 99.4 cm³/mol. The smallest absolute Gasteiger partial charge is 0.215 e. The SMILES string of the molecule is O=S(=O)(C[CH]C#Cc1cccnc1)N1CCN(c2ccc(F)cc2)CC1. The average Bonchev–Trinajstić information content (AvgIpc) is 2.67. The van der Waals surface area contributed by atoms with E-state index in [1.807, 2.05) is 6.07 Å². The summed E-state index contributed by atoms with van der Waals surface area (Å²) in [6.45, 7) is 1.96. The van der Waals surface area contributed by atoms with Gasteiger partial charge in [0.05, 0.1) is 12.2 Å². The van der Waals surface area contributed by atoms with Gasteiger partial charge < -0.3 is 4.90 Å². The van der Waals surface area contributed by atoms with Gasteiger partial charge in [0.15, 0.2) is 0 Å². The summed E-state index contributed by atoms with van der Waals surface area (Å²) in [5, 5.41) is 0. The van der Waals surface area contributed by atoms with Gasteiger partial charge >= 0.3 is 0 Å². The molecule has 1 radical (unpaired) electrons. The maximum atomic E-state index is 13.0. The molecule has 0 bridgehead atoms. The van der Waals surface area contributed by atoms with Crippen molar-refractivity contribution in [2.24, 2.45) is 0 Å². The van der Waals surface area contributed by atoms with Crippen molar-refractivity contribution in [1.82, 2.24) is 9.29 Å². The Labute approximate surface area is 153 Å². The van der Waals surface area contributed by atoms with Gasteiger partial charge in [-0.05, 0) is 36.4 Å². The number of rotatable bonds is 4. The lowest BCUT2D eigenvalue weighted by Crippen LogP contribution is -2.49. The molecule has 7 heteroatoms. The first-order valence-corrected chi connectivity index (χ1v) is 9.87. The van der Waals surface area contributed by atoms with Crippen LogP contribution in [0.15, 0.2) is 48.8 Å². The minimum absolute atomic E-state index is 0.114. The normalized spacial score (nSPS) is 15.3. The maximum absolute atomic E-state index is 13.0. The quantitative estimate of drug-likeness (QED) is 0.770. The zero-order valence-electron chi connectivity index (χ0n) is 14.2. The predicted octanol–water partition coefficient (Wildman–Crippen LogP) is 1.93. The van der Waals surface area contributed by atoms with Gasteiger partial charge in [0, 0.05) is 49.8 Å². The van der Waals surface area contributed by atoms with Crippen LogP contribution in [0.5, 0.6) is 0 Å². The van der Waals surface area contributed by atoms with E-state index in [1.165, 1.54) is 22.9 Å². The van der Waals surface area contributed by atoms with E-state index in [9.17, 15) is 12.8 Å². The van der Waals surface area contributed by atoms with Crippen LogP contribution in [-0.4, -0.2) is 49.6 Å². The molecule has 26 heavy (non-hydrogen) atoms. The average molecular weight is 372 g/mol. The van der Waals surface area contributed by atoms with Crippen molar-refractivity contribution < 1.29 is 12.8 Å². The molecule has 0 spiro atoms. The minimum Gasteiger partial charge on any atom is -0.369 e. The molecule has 1 aromatic carbocycles. The van der Waals surface area contributed by atoms with Gasteiger partial charge in [0.1, 0.15) is 5.82 Å². The molecule has 2 aromatic rings. The molecule has 0 atom stereocenters. The maximum Gasteiger partial charge on any atom is 0.215 e. The first-order chi connectivity index (χ1) is 12.5. The lowest BCUT2D eigenvalue weighted by molar-refractivity contribution is 0.386. The van der Waals surface area contributed by atoms with E-state index in [2.05, 4.69) is 21.7 Å². The highest BCUT2D eigenvalue weighted by Gasteiger charge is 2.26. The lowest BCUT2D eigenvalue weighted by atomic mass is 10.2. The monoisotopic (exact) mass is 372 g/mol. The van der Waals surface area contributed by atoms with Crippen molar-refractivity contribution in [3.8, 4) is 11.8 Å². The molecule has 5 nitrogen and oxygen atoms in total. The van der Waals surface area contributed by atoms with Crippen molar-refractivity contribution in [2.45, 2.75) is 0 Å². The Morgan fingerprint density at radius 3 is 2.50 bits per heavy atom. The highest BCUT2D eigenvalue weighted by atomic mass is 32.2. The van der Waals surface area contributed by atoms with Gasteiger partial charge in [0.2, 0.25) is 10.0 Å². The first-order valence-electron chi connectivity index (χ1n) is 8.26. The van der Waals surface area contributed by atoms with Crippen LogP contribution >= 0.6 is 0 Å². The van der Waals surface area contributed by atoms with Gasteiger partial charge in [-0.1, -0.05) is 11.8 Å². The molecular weight excluding hydrogens is 353 g/mol. The van der Waals surface area contributed by atoms with E-state index in [0.29, 0.717) is 26.2 Å². The van der Waals surface area contributed by atoms with E-state index >= 15 is 0 Å². The van der Waals surface area contributed by atoms with Crippen molar-refractivity contribution in [3.63, 3.8) is 0 Å². The number of halogens is 1. The Kier molecular flexibility index (Phi) is 5.86. The second-order valence-corrected chi connectivity index (χ2v) is 7.87. The number of hydrogen-bond donors (Lipinski definition) is 0. The third-order valence-corrected chi connectivity index (χ3v) is 5.84. The Balaban J connectivity index is 1.51. The molecule has 1 fully saturated rings. The summed E-state index contributed by atoms with van der Waals surface area (Å²) in [7, 11) is -3.38. The molecule has 3 rings (SSSR count). The summed E-state index contributed by atoms with van der Waals surface area (Å²) < 4.78 is 39.3. The Bertz CT molecular complexity index is 882. The van der Waals surface area contributed by atoms with E-state index in [-0.39, 0.29) is 11.6 Å². The molecule has 1 aromatic heterocycles. The molecule has 0 N–H and O–H groups in total. The molecule has 0 saturated carbocycles. The number of pyridine rings is 1. The van der Waals surface area contributed by atoms with Crippen molar-refractivity contribution in [3.05, 3.63) is 66.6 Å². The fourth-order valence-corrected chi connectivity index (χ4v) is 3.92. The van der Waals surface area contributed by atoms with Gasteiger partial charge in [-0.2, -0.15) is 4.31 Å². The molecule has 135 valence electrons. The summed E-state index contributed by atoms with van der Waals surface area (Å²) in [6.07, 6.45) is 4.75. The second kappa shape index (κ2) is 8.30. The van der Waals surface area contributed by atoms with Gasteiger partial charge in [-0.25, -0.2) is 12.8 Å². The summed E-state index contributed by atoms with van der Waals surface area (Å²) in [5.74, 6) is 5.24. The zero-order chi connectivity index (χ0) is 18.4. The van der Waals surface area contributed by atoms with E-state index < -0.39 is 10.0 Å². The topological polar surface area (TPSA) is 53.5 Å². The number of sulfonamides is 1. The van der Waals surface area contributed by atoms with E-state index in [4.69, 9.17) is 0 Å². The van der Waals surface area contributed by atoms with Gasteiger partial charge in [-0.15, -0.1) is 0 Å².